The number of amides is 1. The summed E-state index contributed by atoms with van der Waals surface area (Å²) >= 11 is 1.51. The highest BCUT2D eigenvalue weighted by Crippen LogP contribution is 2.16. The van der Waals surface area contributed by atoms with Crippen LogP contribution >= 0.6 is 11.8 Å². The molecule has 1 N–H and O–H groups in total. The number of nitrogens with one attached hydrogen (secondary N) is 1. The summed E-state index contributed by atoms with van der Waals surface area (Å²) in [7, 11) is 0. The predicted molar refractivity (Wildman–Crippen MR) is 107 cm³/mol. The van der Waals surface area contributed by atoms with E-state index in [2.05, 4.69) is 16.6 Å². The van der Waals surface area contributed by atoms with Crippen molar-refractivity contribution in [2.75, 3.05) is 5.75 Å². The third-order valence-electron chi connectivity index (χ3n) is 3.80. The topological polar surface area (TPSA) is 65.2 Å². The summed E-state index contributed by atoms with van der Waals surface area (Å²) in [6.45, 7) is 0. The minimum atomic E-state index is -0.139. The summed E-state index contributed by atoms with van der Waals surface area (Å²) in [4.78, 5) is 11.9. The van der Waals surface area contributed by atoms with Crippen molar-refractivity contribution >= 4 is 34.7 Å². The molecule has 0 aliphatic heterocycles. The lowest BCUT2D eigenvalue weighted by Crippen LogP contribution is -2.19. The van der Waals surface area contributed by atoms with E-state index in [1.54, 1.807) is 18.3 Å². The number of nitriles is 1. The van der Waals surface area contributed by atoms with Gasteiger partial charge < -0.3 is 0 Å². The molecule has 0 fully saturated rings. The highest BCUT2D eigenvalue weighted by molar-refractivity contribution is 7.99. The van der Waals surface area contributed by atoms with Crippen LogP contribution in [-0.2, 0) is 10.5 Å². The first-order valence-corrected chi connectivity index (χ1v) is 9.28. The van der Waals surface area contributed by atoms with Crippen molar-refractivity contribution in [1.82, 2.24) is 5.43 Å². The minimum Gasteiger partial charge on any atom is -0.272 e. The molecule has 0 aromatic heterocycles. The van der Waals surface area contributed by atoms with Crippen LogP contribution in [0.15, 0.2) is 71.8 Å². The zero-order chi connectivity index (χ0) is 18.2. The highest BCUT2D eigenvalue weighted by atomic mass is 32.2. The summed E-state index contributed by atoms with van der Waals surface area (Å²) in [5.41, 5.74) is 5.26. The monoisotopic (exact) mass is 359 g/mol. The summed E-state index contributed by atoms with van der Waals surface area (Å²) in [5, 5.41) is 15.1. The highest BCUT2D eigenvalue weighted by Gasteiger charge is 2.02. The van der Waals surface area contributed by atoms with Crippen LogP contribution in [0.5, 0.6) is 0 Å². The second-order valence-electron chi connectivity index (χ2n) is 5.66. The molecule has 128 valence electrons. The maximum absolute atomic E-state index is 11.9. The first-order valence-electron chi connectivity index (χ1n) is 8.13. The first-order chi connectivity index (χ1) is 12.8. The number of hydrogen-bond acceptors (Lipinski definition) is 4. The second kappa shape index (κ2) is 8.84. The predicted octanol–water partition coefficient (Wildman–Crippen LogP) is 4.09. The van der Waals surface area contributed by atoms with Gasteiger partial charge in [0.25, 0.3) is 0 Å². The quantitative estimate of drug-likeness (QED) is 0.532. The van der Waals surface area contributed by atoms with Crippen LogP contribution in [0.4, 0.5) is 0 Å². The van der Waals surface area contributed by atoms with Crippen molar-refractivity contribution in [3.63, 3.8) is 0 Å². The number of rotatable bonds is 6. The van der Waals surface area contributed by atoms with Crippen molar-refractivity contribution in [2.45, 2.75) is 5.75 Å². The Hall–Kier alpha value is -3.10. The van der Waals surface area contributed by atoms with Crippen LogP contribution in [0.2, 0.25) is 0 Å². The number of fused-ring (bicyclic) bond motifs is 1. The van der Waals surface area contributed by atoms with E-state index in [9.17, 15) is 4.79 Å². The third-order valence-corrected chi connectivity index (χ3v) is 4.80. The third kappa shape index (κ3) is 4.71. The molecule has 0 heterocycles. The van der Waals surface area contributed by atoms with E-state index in [0.29, 0.717) is 17.1 Å². The smallest absolute Gasteiger partial charge is 0.250 e. The van der Waals surface area contributed by atoms with Gasteiger partial charge in [0.1, 0.15) is 0 Å². The zero-order valence-corrected chi connectivity index (χ0v) is 14.9. The number of thioether (sulfide) groups is 1. The van der Waals surface area contributed by atoms with Gasteiger partial charge in [-0.3, -0.25) is 4.79 Å². The molecule has 4 nitrogen and oxygen atoms in total. The molecule has 0 saturated heterocycles. The summed E-state index contributed by atoms with van der Waals surface area (Å²) in [5.74, 6) is 0.902. The summed E-state index contributed by atoms with van der Waals surface area (Å²) < 4.78 is 0. The van der Waals surface area contributed by atoms with Gasteiger partial charge in [-0.05, 0) is 28.5 Å². The lowest BCUT2D eigenvalue weighted by Gasteiger charge is -2.03. The Morgan fingerprint density at radius 1 is 1.08 bits per heavy atom. The molecular formula is C21H17N3OS. The number of hydrogen-bond donors (Lipinski definition) is 1. The standard InChI is InChI=1S/C21H17N3OS/c22-12-16-8-10-17(11-9-16)14-26-15-21(25)24-23-13-19-6-3-5-18-4-1-2-7-20(18)19/h1-11,13H,14-15H2,(H,24,25)/b23-13-. The molecule has 0 aliphatic carbocycles. The number of carbonyl (C=O) groups is 1. The van der Waals surface area contributed by atoms with Crippen molar-refractivity contribution in [3.8, 4) is 6.07 Å². The lowest BCUT2D eigenvalue weighted by molar-refractivity contribution is -0.118. The Bertz CT molecular complexity index is 969. The molecule has 0 unspecified atom stereocenters. The Kier molecular flexibility index (Phi) is 6.02. The normalized spacial score (nSPS) is 10.7. The molecule has 26 heavy (non-hydrogen) atoms. The van der Waals surface area contributed by atoms with E-state index in [0.717, 1.165) is 21.9 Å². The Balaban J connectivity index is 1.49. The van der Waals surface area contributed by atoms with Crippen LogP contribution in [0, 0.1) is 11.3 Å². The van der Waals surface area contributed by atoms with Crippen LogP contribution in [-0.4, -0.2) is 17.9 Å². The summed E-state index contributed by atoms with van der Waals surface area (Å²) in [6, 6.07) is 23.5. The average molecular weight is 359 g/mol. The van der Waals surface area contributed by atoms with Gasteiger partial charge in [0, 0.05) is 11.3 Å². The van der Waals surface area contributed by atoms with Crippen LogP contribution in [0.3, 0.4) is 0 Å². The van der Waals surface area contributed by atoms with Gasteiger partial charge in [-0.25, -0.2) is 5.43 Å². The fraction of sp³-hybridized carbons (Fsp3) is 0.0952. The minimum absolute atomic E-state index is 0.139. The van der Waals surface area contributed by atoms with Crippen molar-refractivity contribution in [1.29, 1.82) is 5.26 Å². The number of nitrogens with zero attached hydrogens (tertiary/aromatic N) is 2. The molecule has 0 spiro atoms. The molecule has 3 aromatic rings. The Morgan fingerprint density at radius 3 is 2.65 bits per heavy atom. The van der Waals surface area contributed by atoms with Gasteiger partial charge in [0.2, 0.25) is 5.91 Å². The zero-order valence-electron chi connectivity index (χ0n) is 14.1. The van der Waals surface area contributed by atoms with E-state index >= 15 is 0 Å². The van der Waals surface area contributed by atoms with E-state index in [1.807, 2.05) is 54.6 Å². The van der Waals surface area contributed by atoms with Gasteiger partial charge in [0.05, 0.1) is 23.6 Å². The maximum atomic E-state index is 11.9. The van der Waals surface area contributed by atoms with Crippen LogP contribution in [0.1, 0.15) is 16.7 Å². The van der Waals surface area contributed by atoms with E-state index < -0.39 is 0 Å². The van der Waals surface area contributed by atoms with Gasteiger partial charge in [-0.15, -0.1) is 11.8 Å². The number of hydrazone groups is 1. The average Bonchev–Trinajstić information content (AvgIpc) is 2.69. The van der Waals surface area contributed by atoms with Crippen LogP contribution < -0.4 is 5.43 Å². The molecule has 0 atom stereocenters. The number of carbonyl (C=O) groups excluding carboxylic acids is 1. The SMILES string of the molecule is N#Cc1ccc(CSCC(=O)N/N=C\c2cccc3ccccc23)cc1. The van der Waals surface area contributed by atoms with Crippen molar-refractivity contribution in [2.24, 2.45) is 5.10 Å². The fourth-order valence-electron chi connectivity index (χ4n) is 2.51. The fourth-order valence-corrected chi connectivity index (χ4v) is 3.29. The maximum Gasteiger partial charge on any atom is 0.250 e. The van der Waals surface area contributed by atoms with E-state index in [-0.39, 0.29) is 5.91 Å². The molecule has 0 saturated carbocycles. The van der Waals surface area contributed by atoms with E-state index in [1.165, 1.54) is 11.8 Å². The lowest BCUT2D eigenvalue weighted by atomic mass is 10.1. The second-order valence-corrected chi connectivity index (χ2v) is 6.65. The number of benzene rings is 3. The molecule has 5 heteroatoms. The Morgan fingerprint density at radius 2 is 1.85 bits per heavy atom. The van der Waals surface area contributed by atoms with Gasteiger partial charge in [0.15, 0.2) is 0 Å². The van der Waals surface area contributed by atoms with Crippen LogP contribution in [0.25, 0.3) is 10.8 Å². The largest absolute Gasteiger partial charge is 0.272 e. The molecule has 3 rings (SSSR count). The molecule has 0 aliphatic rings. The molecule has 0 bridgehead atoms. The van der Waals surface area contributed by atoms with Gasteiger partial charge in [-0.2, -0.15) is 10.4 Å². The van der Waals surface area contributed by atoms with E-state index in [4.69, 9.17) is 5.26 Å². The summed E-state index contributed by atoms with van der Waals surface area (Å²) in [6.07, 6.45) is 1.67. The molecular weight excluding hydrogens is 342 g/mol. The van der Waals surface area contributed by atoms with Crippen molar-refractivity contribution in [3.05, 3.63) is 83.4 Å². The van der Waals surface area contributed by atoms with Crippen molar-refractivity contribution < 1.29 is 4.79 Å². The van der Waals surface area contributed by atoms with Gasteiger partial charge >= 0.3 is 0 Å². The molecule has 0 radical (unpaired) electrons. The molecule has 1 amide bonds. The van der Waals surface area contributed by atoms with Gasteiger partial charge in [-0.1, -0.05) is 54.6 Å². The first kappa shape index (κ1) is 17.7. The molecule has 3 aromatic carbocycles. The Labute approximate surface area is 156 Å².